The fourth-order valence-corrected chi connectivity index (χ4v) is 4.60. The van der Waals surface area contributed by atoms with Crippen molar-refractivity contribution in [3.63, 3.8) is 0 Å². The number of hydrogen-bond acceptors (Lipinski definition) is 5. The maximum absolute atomic E-state index is 11.3. The predicted molar refractivity (Wildman–Crippen MR) is 82.8 cm³/mol. The molecule has 0 atom stereocenters. The van der Waals surface area contributed by atoms with Crippen molar-refractivity contribution >= 4 is 38.9 Å². The van der Waals surface area contributed by atoms with Gasteiger partial charge in [0.25, 0.3) is 0 Å². The first-order chi connectivity index (χ1) is 10.2. The molecule has 7 heteroatoms. The zero-order valence-corrected chi connectivity index (χ0v) is 12.8. The predicted octanol–water partition coefficient (Wildman–Crippen LogP) is 3.90. The Kier molecular flexibility index (Phi) is 3.04. The first-order valence-electron chi connectivity index (χ1n) is 6.89. The highest BCUT2D eigenvalue weighted by Gasteiger charge is 2.26. The third kappa shape index (κ3) is 2.08. The van der Waals surface area contributed by atoms with Crippen LogP contribution >= 0.6 is 22.7 Å². The molecular formula is C14H13N3O2S2. The molecule has 3 aromatic heterocycles. The van der Waals surface area contributed by atoms with Crippen molar-refractivity contribution in [3.05, 3.63) is 28.2 Å². The van der Waals surface area contributed by atoms with Crippen molar-refractivity contribution in [2.75, 3.05) is 0 Å². The van der Waals surface area contributed by atoms with Crippen LogP contribution in [0.1, 0.15) is 47.0 Å². The molecule has 1 aliphatic carbocycles. The van der Waals surface area contributed by atoms with Crippen molar-refractivity contribution in [2.24, 2.45) is 0 Å². The van der Waals surface area contributed by atoms with E-state index >= 15 is 0 Å². The molecule has 3 heterocycles. The van der Waals surface area contributed by atoms with Gasteiger partial charge < -0.3 is 5.11 Å². The Labute approximate surface area is 128 Å². The summed E-state index contributed by atoms with van der Waals surface area (Å²) in [6, 6.07) is 1.77. The average molecular weight is 319 g/mol. The van der Waals surface area contributed by atoms with Gasteiger partial charge in [0.2, 0.25) is 5.13 Å². The van der Waals surface area contributed by atoms with Gasteiger partial charge in [0.05, 0.1) is 5.69 Å². The van der Waals surface area contributed by atoms with Crippen LogP contribution in [0.4, 0.5) is 0 Å². The van der Waals surface area contributed by atoms with Gasteiger partial charge in [0, 0.05) is 22.9 Å². The third-order valence-electron chi connectivity index (χ3n) is 3.94. The van der Waals surface area contributed by atoms with Gasteiger partial charge in [-0.25, -0.2) is 9.78 Å². The fourth-order valence-electron chi connectivity index (χ4n) is 2.99. The highest BCUT2D eigenvalue weighted by Crippen LogP contribution is 2.40. The van der Waals surface area contributed by atoms with Crippen molar-refractivity contribution in [1.29, 1.82) is 0 Å². The number of fused-ring (bicyclic) bond motifs is 1. The highest BCUT2D eigenvalue weighted by atomic mass is 32.1. The molecule has 5 nitrogen and oxygen atoms in total. The second kappa shape index (κ2) is 4.92. The van der Waals surface area contributed by atoms with Gasteiger partial charge >= 0.3 is 5.97 Å². The summed E-state index contributed by atoms with van der Waals surface area (Å²) < 4.78 is 1.81. The number of hydrogen-bond donors (Lipinski definition) is 1. The lowest BCUT2D eigenvalue weighted by Gasteiger charge is -2.04. The Hall–Kier alpha value is -1.73. The second-order valence-corrected chi connectivity index (χ2v) is 7.13. The fraction of sp³-hybridized carbons (Fsp3) is 0.357. The zero-order valence-electron chi connectivity index (χ0n) is 11.2. The van der Waals surface area contributed by atoms with Crippen LogP contribution < -0.4 is 0 Å². The number of rotatable bonds is 3. The standard InChI is InChI=1S/C14H13N3O2S2/c18-13(19)10-7-9-11(8-3-1-2-4-8)16-17(12(9)21-10)14-15-5-6-20-14/h5-8H,1-4H2,(H,18,19). The van der Waals surface area contributed by atoms with Crippen LogP contribution in [0.25, 0.3) is 15.3 Å². The number of carbonyl (C=O) groups is 1. The molecule has 1 fully saturated rings. The molecule has 0 bridgehead atoms. The molecule has 0 spiro atoms. The summed E-state index contributed by atoms with van der Waals surface area (Å²) in [7, 11) is 0. The number of carboxylic acids is 1. The van der Waals surface area contributed by atoms with E-state index in [9.17, 15) is 9.90 Å². The SMILES string of the molecule is O=C(O)c1cc2c(C3CCCC3)nn(-c3nccs3)c2s1. The minimum Gasteiger partial charge on any atom is -0.477 e. The van der Waals surface area contributed by atoms with Crippen molar-refractivity contribution < 1.29 is 9.90 Å². The minimum atomic E-state index is -0.876. The number of thiazole rings is 1. The Morgan fingerprint density at radius 2 is 2.19 bits per heavy atom. The quantitative estimate of drug-likeness (QED) is 0.795. The molecule has 0 aromatic carbocycles. The lowest BCUT2D eigenvalue weighted by molar-refractivity contribution is 0.0702. The van der Waals surface area contributed by atoms with Crippen LogP contribution in [0.15, 0.2) is 17.6 Å². The van der Waals surface area contributed by atoms with Crippen LogP contribution in [0.3, 0.4) is 0 Å². The number of carboxylic acid groups (broad SMARTS) is 1. The van der Waals surface area contributed by atoms with E-state index in [-0.39, 0.29) is 0 Å². The van der Waals surface area contributed by atoms with Gasteiger partial charge in [-0.2, -0.15) is 9.78 Å². The largest absolute Gasteiger partial charge is 0.477 e. The Balaban J connectivity index is 1.94. The normalized spacial score (nSPS) is 16.0. The van der Waals surface area contributed by atoms with Crippen LogP contribution in [0.5, 0.6) is 0 Å². The van der Waals surface area contributed by atoms with Gasteiger partial charge in [0.1, 0.15) is 9.71 Å². The summed E-state index contributed by atoms with van der Waals surface area (Å²) in [5, 5.41) is 17.7. The summed E-state index contributed by atoms with van der Waals surface area (Å²) in [6.45, 7) is 0. The Morgan fingerprint density at radius 1 is 1.38 bits per heavy atom. The average Bonchev–Trinajstić information content (AvgIpc) is 3.22. The van der Waals surface area contributed by atoms with E-state index < -0.39 is 5.97 Å². The Morgan fingerprint density at radius 3 is 2.86 bits per heavy atom. The van der Waals surface area contributed by atoms with E-state index in [1.54, 1.807) is 12.3 Å². The monoisotopic (exact) mass is 319 g/mol. The van der Waals surface area contributed by atoms with Gasteiger partial charge in [-0.3, -0.25) is 0 Å². The molecule has 21 heavy (non-hydrogen) atoms. The molecule has 0 saturated heterocycles. The molecule has 0 unspecified atom stereocenters. The van der Waals surface area contributed by atoms with E-state index in [1.807, 2.05) is 10.1 Å². The molecule has 108 valence electrons. The summed E-state index contributed by atoms with van der Waals surface area (Å²) in [5.74, 6) is -0.427. The van der Waals surface area contributed by atoms with E-state index in [2.05, 4.69) is 4.98 Å². The summed E-state index contributed by atoms with van der Waals surface area (Å²) in [5.41, 5.74) is 1.04. The maximum Gasteiger partial charge on any atom is 0.345 e. The number of thiophene rings is 1. The number of aromatic nitrogens is 3. The highest BCUT2D eigenvalue weighted by molar-refractivity contribution is 7.20. The van der Waals surface area contributed by atoms with Gasteiger partial charge in [-0.1, -0.05) is 12.8 Å². The minimum absolute atomic E-state index is 0.368. The van der Waals surface area contributed by atoms with E-state index in [0.717, 1.165) is 33.9 Å². The molecule has 4 rings (SSSR count). The van der Waals surface area contributed by atoms with Gasteiger partial charge in [-0.05, 0) is 18.9 Å². The molecule has 3 aromatic rings. The molecule has 0 radical (unpaired) electrons. The van der Waals surface area contributed by atoms with Crippen LogP contribution in [0, 0.1) is 0 Å². The van der Waals surface area contributed by atoms with Crippen LogP contribution in [0.2, 0.25) is 0 Å². The van der Waals surface area contributed by atoms with Crippen molar-refractivity contribution in [1.82, 2.24) is 14.8 Å². The van der Waals surface area contributed by atoms with Crippen molar-refractivity contribution in [2.45, 2.75) is 31.6 Å². The van der Waals surface area contributed by atoms with Gasteiger partial charge in [-0.15, -0.1) is 22.7 Å². The van der Waals surface area contributed by atoms with Gasteiger partial charge in [0.15, 0.2) is 0 Å². The lowest BCUT2D eigenvalue weighted by atomic mass is 10.0. The smallest absolute Gasteiger partial charge is 0.345 e. The molecule has 1 aliphatic rings. The topological polar surface area (TPSA) is 68.0 Å². The molecule has 0 aliphatic heterocycles. The number of nitrogens with zero attached hydrogens (tertiary/aromatic N) is 3. The van der Waals surface area contributed by atoms with Crippen molar-refractivity contribution in [3.8, 4) is 5.13 Å². The number of aromatic carboxylic acids is 1. The maximum atomic E-state index is 11.3. The zero-order chi connectivity index (χ0) is 14.4. The van der Waals surface area contributed by atoms with Crippen LogP contribution in [-0.4, -0.2) is 25.8 Å². The van der Waals surface area contributed by atoms with Crippen LogP contribution in [-0.2, 0) is 0 Å². The van der Waals surface area contributed by atoms with E-state index in [4.69, 9.17) is 5.10 Å². The second-order valence-electron chi connectivity index (χ2n) is 5.23. The third-order valence-corrected chi connectivity index (χ3v) is 5.79. The Bertz CT molecular complexity index is 798. The molecule has 1 saturated carbocycles. The summed E-state index contributed by atoms with van der Waals surface area (Å²) in [6.07, 6.45) is 6.48. The molecule has 1 N–H and O–H groups in total. The molecular weight excluding hydrogens is 306 g/mol. The molecule has 0 amide bonds. The van der Waals surface area contributed by atoms with E-state index in [1.165, 1.54) is 35.5 Å². The van der Waals surface area contributed by atoms with E-state index in [0.29, 0.717) is 10.8 Å². The summed E-state index contributed by atoms with van der Waals surface area (Å²) in [4.78, 5) is 16.8. The first-order valence-corrected chi connectivity index (χ1v) is 8.59. The first kappa shape index (κ1) is 13.0. The summed E-state index contributed by atoms with van der Waals surface area (Å²) >= 11 is 2.79. The lowest BCUT2D eigenvalue weighted by Crippen LogP contribution is -1.99.